The van der Waals surface area contributed by atoms with Gasteiger partial charge < -0.3 is 14.5 Å². The zero-order valence-electron chi connectivity index (χ0n) is 21.9. The van der Waals surface area contributed by atoms with Gasteiger partial charge in [0, 0.05) is 22.9 Å². The highest BCUT2D eigenvalue weighted by molar-refractivity contribution is 8.00. The maximum Gasteiger partial charge on any atom is 0.305 e. The predicted molar refractivity (Wildman–Crippen MR) is 154 cm³/mol. The molecule has 1 fully saturated rings. The Morgan fingerprint density at radius 1 is 0.976 bits per heavy atom. The second kappa shape index (κ2) is 10.5. The average Bonchev–Trinajstić information content (AvgIpc) is 3.46. The van der Waals surface area contributed by atoms with E-state index in [0.29, 0.717) is 33.6 Å². The number of ether oxygens (including phenoxy) is 2. The molecule has 2 aliphatic rings. The number of non-ortho nitro benzene ring substituents is 1. The summed E-state index contributed by atoms with van der Waals surface area (Å²) in [5.41, 5.74) is 2.96. The number of fused-ring (bicyclic) bond motifs is 2. The minimum Gasteiger partial charge on any atom is -0.493 e. The van der Waals surface area contributed by atoms with Crippen LogP contribution in [-0.2, 0) is 16.2 Å². The van der Waals surface area contributed by atoms with Crippen LogP contribution in [0.4, 0.5) is 11.4 Å². The quantitative estimate of drug-likeness (QED) is 0.180. The third kappa shape index (κ3) is 4.78. The highest BCUT2D eigenvalue weighted by atomic mass is 32.2. The molecule has 3 atom stereocenters. The number of amides is 2. The zero-order valence-corrected chi connectivity index (χ0v) is 23.5. The lowest BCUT2D eigenvalue weighted by Gasteiger charge is -2.30. The maximum atomic E-state index is 13.9. The molecular formula is C29H23N3O7S2. The van der Waals surface area contributed by atoms with Crippen LogP contribution in [0.3, 0.4) is 0 Å². The first-order valence-corrected chi connectivity index (χ1v) is 14.3. The molecule has 0 aliphatic carbocycles. The van der Waals surface area contributed by atoms with Crippen molar-refractivity contribution in [2.75, 3.05) is 12.0 Å². The van der Waals surface area contributed by atoms with Crippen molar-refractivity contribution in [2.24, 2.45) is 5.92 Å². The molecule has 12 heteroatoms. The topological polar surface area (TPSA) is 132 Å². The van der Waals surface area contributed by atoms with Crippen molar-refractivity contribution >= 4 is 46.3 Å². The van der Waals surface area contributed by atoms with Crippen LogP contribution in [0.15, 0.2) is 76.6 Å². The lowest BCUT2D eigenvalue weighted by molar-refractivity contribution is -0.384. The van der Waals surface area contributed by atoms with E-state index in [1.165, 1.54) is 31.4 Å². The van der Waals surface area contributed by atoms with Gasteiger partial charge in [0.05, 0.1) is 28.7 Å². The van der Waals surface area contributed by atoms with E-state index in [1.54, 1.807) is 12.1 Å². The van der Waals surface area contributed by atoms with E-state index in [-0.39, 0.29) is 16.2 Å². The van der Waals surface area contributed by atoms with E-state index in [2.05, 4.69) is 4.98 Å². The molecule has 41 heavy (non-hydrogen) atoms. The molecular weight excluding hydrogens is 566 g/mol. The number of aromatic amines is 1. The molecule has 4 aromatic rings. The number of anilines is 1. The number of nitro benzene ring substituents is 1. The number of benzene rings is 3. The first-order chi connectivity index (χ1) is 19.7. The molecule has 2 amide bonds. The molecule has 0 radical (unpaired) electrons. The van der Waals surface area contributed by atoms with E-state index in [4.69, 9.17) is 9.47 Å². The monoisotopic (exact) mass is 589 g/mol. The van der Waals surface area contributed by atoms with Crippen LogP contribution in [0.25, 0.3) is 0 Å². The van der Waals surface area contributed by atoms with Crippen LogP contribution in [0.2, 0.25) is 0 Å². The number of thioether (sulfide) groups is 1. The summed E-state index contributed by atoms with van der Waals surface area (Å²) >= 11 is 2.18. The van der Waals surface area contributed by atoms with Crippen molar-refractivity contribution in [3.8, 4) is 11.5 Å². The maximum absolute atomic E-state index is 13.9. The van der Waals surface area contributed by atoms with Crippen LogP contribution < -0.4 is 19.2 Å². The van der Waals surface area contributed by atoms with Gasteiger partial charge in [-0.1, -0.05) is 59.0 Å². The molecule has 10 nitrogen and oxygen atoms in total. The summed E-state index contributed by atoms with van der Waals surface area (Å²) in [5, 5.41) is 10.9. The number of hydrogen-bond acceptors (Lipinski definition) is 9. The van der Waals surface area contributed by atoms with E-state index >= 15 is 0 Å². The van der Waals surface area contributed by atoms with Gasteiger partial charge in [-0.3, -0.25) is 24.5 Å². The van der Waals surface area contributed by atoms with Crippen LogP contribution >= 0.6 is 23.1 Å². The Morgan fingerprint density at radius 2 is 1.71 bits per heavy atom. The normalized spacial score (nSPS) is 19.6. The number of rotatable bonds is 7. The summed E-state index contributed by atoms with van der Waals surface area (Å²) in [6.07, 6.45) is 0. The standard InChI is InChI=1S/C29H23N3O7S2/c1-15-3-5-16(6-4-15)14-39-20-12-7-17(13-21(20)38-2)22-23-25(40-26-24(22)41-29(35)30-26)28(34)31(27(23)33)18-8-10-19(11-9-18)32(36)37/h3-13,22-23,25H,14H2,1-2H3,(H,30,35)/t22-,23-,25+/m0/s1. The van der Waals surface area contributed by atoms with Crippen molar-refractivity contribution in [1.29, 1.82) is 0 Å². The zero-order chi connectivity index (χ0) is 28.8. The van der Waals surface area contributed by atoms with Gasteiger partial charge in [-0.2, -0.15) is 0 Å². The highest BCUT2D eigenvalue weighted by Gasteiger charge is 2.56. The third-order valence-electron chi connectivity index (χ3n) is 7.20. The number of nitro groups is 1. The number of carbonyl (C=O) groups excluding carboxylic acids is 2. The fourth-order valence-electron chi connectivity index (χ4n) is 5.20. The number of carbonyl (C=O) groups is 2. The van der Waals surface area contributed by atoms with E-state index in [9.17, 15) is 24.5 Å². The summed E-state index contributed by atoms with van der Waals surface area (Å²) in [6, 6.07) is 18.7. The molecule has 2 aliphatic heterocycles. The number of imide groups is 1. The van der Waals surface area contributed by atoms with Crippen molar-refractivity contribution in [2.45, 2.75) is 29.7 Å². The van der Waals surface area contributed by atoms with Crippen LogP contribution in [0.1, 0.15) is 27.5 Å². The number of nitrogens with zero attached hydrogens (tertiary/aromatic N) is 2. The lowest BCUT2D eigenvalue weighted by Crippen LogP contribution is -2.32. The predicted octanol–water partition coefficient (Wildman–Crippen LogP) is 5.04. The number of aryl methyl sites for hydroxylation is 1. The molecule has 0 unspecified atom stereocenters. The van der Waals surface area contributed by atoms with Gasteiger partial charge in [0.15, 0.2) is 11.5 Å². The summed E-state index contributed by atoms with van der Waals surface area (Å²) in [6.45, 7) is 2.35. The Morgan fingerprint density at radius 3 is 2.39 bits per heavy atom. The second-order valence-electron chi connectivity index (χ2n) is 9.72. The SMILES string of the molecule is COc1cc([C@@H]2c3sc(=O)[nH]c3S[C@H]3C(=O)N(c4ccc([N+](=O)[O-])cc4)C(=O)[C@@H]23)ccc1OCc1ccc(C)cc1. The number of hydrogen-bond donors (Lipinski definition) is 1. The second-order valence-corrected chi connectivity index (χ2v) is 11.9. The van der Waals surface area contributed by atoms with Gasteiger partial charge in [-0.05, 0) is 42.3 Å². The van der Waals surface area contributed by atoms with Crippen molar-refractivity contribution < 1.29 is 24.0 Å². The third-order valence-corrected chi connectivity index (χ3v) is 9.61. The molecule has 3 aromatic carbocycles. The van der Waals surface area contributed by atoms with Gasteiger partial charge in [-0.15, -0.1) is 0 Å². The molecule has 208 valence electrons. The number of aromatic nitrogens is 1. The molecule has 0 saturated carbocycles. The van der Waals surface area contributed by atoms with Crippen LogP contribution in [-0.4, -0.2) is 34.1 Å². The van der Waals surface area contributed by atoms with Gasteiger partial charge in [0.25, 0.3) is 5.69 Å². The fraction of sp³-hybridized carbons (Fsp3) is 0.207. The number of thiazole rings is 1. The van der Waals surface area contributed by atoms with Crippen molar-refractivity contribution in [1.82, 2.24) is 4.98 Å². The Kier molecular flexibility index (Phi) is 6.88. The largest absolute Gasteiger partial charge is 0.493 e. The van der Waals surface area contributed by atoms with Crippen LogP contribution in [0.5, 0.6) is 11.5 Å². The Balaban J connectivity index is 1.36. The molecule has 6 rings (SSSR count). The number of H-pyrrole nitrogens is 1. The average molecular weight is 590 g/mol. The summed E-state index contributed by atoms with van der Waals surface area (Å²) < 4.78 is 11.7. The van der Waals surface area contributed by atoms with Gasteiger partial charge >= 0.3 is 4.87 Å². The van der Waals surface area contributed by atoms with Crippen LogP contribution in [0, 0.1) is 23.0 Å². The van der Waals surface area contributed by atoms with E-state index in [0.717, 1.165) is 39.1 Å². The highest BCUT2D eigenvalue weighted by Crippen LogP contribution is 2.53. The first-order valence-electron chi connectivity index (χ1n) is 12.6. The number of methoxy groups -OCH3 is 1. The molecule has 1 saturated heterocycles. The van der Waals surface area contributed by atoms with Crippen molar-refractivity contribution in [3.05, 3.63) is 108 Å². The van der Waals surface area contributed by atoms with Gasteiger partial charge in [0.1, 0.15) is 11.9 Å². The number of nitrogens with one attached hydrogen (secondary N) is 1. The van der Waals surface area contributed by atoms with Gasteiger partial charge in [0.2, 0.25) is 11.8 Å². The first kappa shape index (κ1) is 26.8. The van der Waals surface area contributed by atoms with Crippen molar-refractivity contribution in [3.63, 3.8) is 0 Å². The summed E-state index contributed by atoms with van der Waals surface area (Å²) in [4.78, 5) is 54.7. The molecule has 3 heterocycles. The molecule has 1 N–H and O–H groups in total. The fourth-order valence-corrected chi connectivity index (χ4v) is 7.71. The Bertz CT molecular complexity index is 1730. The van der Waals surface area contributed by atoms with Gasteiger partial charge in [-0.25, -0.2) is 4.90 Å². The summed E-state index contributed by atoms with van der Waals surface area (Å²) in [5.74, 6) is -1.30. The Hall–Kier alpha value is -4.42. The minimum atomic E-state index is -0.800. The van der Waals surface area contributed by atoms with E-state index in [1.807, 2.05) is 37.3 Å². The molecule has 0 bridgehead atoms. The molecule has 0 spiro atoms. The lowest BCUT2D eigenvalue weighted by atomic mass is 9.83. The molecule has 1 aromatic heterocycles. The summed E-state index contributed by atoms with van der Waals surface area (Å²) in [7, 11) is 1.53. The van der Waals surface area contributed by atoms with E-state index < -0.39 is 33.8 Å². The minimum absolute atomic E-state index is 0.144. The Labute approximate surface area is 242 Å². The smallest absolute Gasteiger partial charge is 0.305 e.